The van der Waals surface area contributed by atoms with Gasteiger partial charge in [-0.2, -0.15) is 4.98 Å². The van der Waals surface area contributed by atoms with Crippen LogP contribution in [-0.4, -0.2) is 40.8 Å². The number of rotatable bonds is 2. The summed E-state index contributed by atoms with van der Waals surface area (Å²) < 4.78 is 0. The number of thiophene rings is 1. The summed E-state index contributed by atoms with van der Waals surface area (Å²) in [5, 5.41) is 16.2. The summed E-state index contributed by atoms with van der Waals surface area (Å²) in [6.07, 6.45) is 0.775. The Morgan fingerprint density at radius 2 is 2.33 bits per heavy atom. The Morgan fingerprint density at radius 1 is 1.50 bits per heavy atom. The molecule has 0 amide bonds. The topological polar surface area (TPSA) is 61.3 Å². The molecule has 0 bridgehead atoms. The number of aliphatic hydroxyl groups is 1. The first-order chi connectivity index (χ1) is 8.59. The van der Waals surface area contributed by atoms with Crippen molar-refractivity contribution in [1.29, 1.82) is 0 Å². The summed E-state index contributed by atoms with van der Waals surface area (Å²) in [6, 6.07) is 2.04. The van der Waals surface area contributed by atoms with E-state index in [2.05, 4.69) is 20.2 Å². The first-order valence-corrected chi connectivity index (χ1v) is 6.87. The quantitative estimate of drug-likeness (QED) is 0.864. The van der Waals surface area contributed by atoms with Crippen molar-refractivity contribution in [2.45, 2.75) is 18.9 Å². The fourth-order valence-electron chi connectivity index (χ4n) is 2.32. The average Bonchev–Trinajstić information content (AvgIpc) is 2.93. The molecule has 1 atom stereocenters. The van der Waals surface area contributed by atoms with Crippen molar-refractivity contribution in [2.24, 2.45) is 0 Å². The van der Waals surface area contributed by atoms with Crippen LogP contribution in [0.1, 0.15) is 13.3 Å². The van der Waals surface area contributed by atoms with Crippen LogP contribution in [0.25, 0.3) is 10.2 Å². The molecule has 0 radical (unpaired) electrons. The van der Waals surface area contributed by atoms with E-state index in [4.69, 9.17) is 0 Å². The number of nitrogens with zero attached hydrogens (tertiary/aromatic N) is 3. The molecule has 0 spiro atoms. The zero-order valence-corrected chi connectivity index (χ0v) is 11.3. The van der Waals surface area contributed by atoms with Gasteiger partial charge in [-0.15, -0.1) is 11.3 Å². The predicted molar refractivity (Wildman–Crippen MR) is 74.4 cm³/mol. The lowest BCUT2D eigenvalue weighted by atomic mass is 10.1. The molecule has 18 heavy (non-hydrogen) atoms. The van der Waals surface area contributed by atoms with Crippen molar-refractivity contribution >= 4 is 33.3 Å². The minimum absolute atomic E-state index is 0.618. The zero-order valence-electron chi connectivity index (χ0n) is 10.5. The maximum absolute atomic E-state index is 10.1. The van der Waals surface area contributed by atoms with Gasteiger partial charge in [0, 0.05) is 20.1 Å². The van der Waals surface area contributed by atoms with Crippen LogP contribution in [0, 0.1) is 0 Å². The molecule has 1 aliphatic rings. The third-order valence-electron chi connectivity index (χ3n) is 3.28. The Balaban J connectivity index is 2.07. The molecule has 5 nitrogen and oxygen atoms in total. The van der Waals surface area contributed by atoms with Crippen LogP contribution in [0.4, 0.5) is 11.8 Å². The summed E-state index contributed by atoms with van der Waals surface area (Å²) in [6.45, 7) is 3.33. The first kappa shape index (κ1) is 11.7. The van der Waals surface area contributed by atoms with E-state index < -0.39 is 5.60 Å². The van der Waals surface area contributed by atoms with Gasteiger partial charge in [0.15, 0.2) is 0 Å². The van der Waals surface area contributed by atoms with E-state index in [9.17, 15) is 5.11 Å². The predicted octanol–water partition coefficient (Wildman–Crippen LogP) is 1.69. The molecule has 1 unspecified atom stereocenters. The van der Waals surface area contributed by atoms with Crippen molar-refractivity contribution in [1.82, 2.24) is 9.97 Å². The number of β-amino-alcohol motifs (C(OH)–C–C–N with tert-alkyl or cyclic N) is 1. The van der Waals surface area contributed by atoms with Gasteiger partial charge in [0.1, 0.15) is 10.6 Å². The molecule has 1 fully saturated rings. The normalized spacial score (nSPS) is 23.8. The van der Waals surface area contributed by atoms with Crippen LogP contribution in [-0.2, 0) is 0 Å². The van der Waals surface area contributed by atoms with Gasteiger partial charge in [-0.1, -0.05) is 0 Å². The molecule has 3 heterocycles. The van der Waals surface area contributed by atoms with Gasteiger partial charge in [-0.05, 0) is 24.8 Å². The summed E-state index contributed by atoms with van der Waals surface area (Å²) >= 11 is 1.61. The van der Waals surface area contributed by atoms with E-state index >= 15 is 0 Å². The molecule has 2 N–H and O–H groups in total. The Bertz CT molecular complexity index is 580. The minimum atomic E-state index is -0.618. The molecule has 1 saturated heterocycles. The highest BCUT2D eigenvalue weighted by molar-refractivity contribution is 7.16. The number of fused-ring (bicyclic) bond motifs is 1. The second-order valence-corrected chi connectivity index (χ2v) is 5.82. The maximum Gasteiger partial charge on any atom is 0.225 e. The van der Waals surface area contributed by atoms with Gasteiger partial charge < -0.3 is 15.3 Å². The fourth-order valence-corrected chi connectivity index (χ4v) is 3.08. The van der Waals surface area contributed by atoms with E-state index in [0.717, 1.165) is 29.0 Å². The van der Waals surface area contributed by atoms with Crippen LogP contribution in [0.15, 0.2) is 11.4 Å². The van der Waals surface area contributed by atoms with Gasteiger partial charge in [-0.3, -0.25) is 0 Å². The number of anilines is 2. The third-order valence-corrected chi connectivity index (χ3v) is 4.09. The van der Waals surface area contributed by atoms with Crippen molar-refractivity contribution < 1.29 is 5.11 Å². The van der Waals surface area contributed by atoms with Gasteiger partial charge in [0.2, 0.25) is 5.95 Å². The fraction of sp³-hybridized carbons (Fsp3) is 0.500. The SMILES string of the molecule is CNc1nc(N2CCC(C)(O)C2)c2ccsc2n1. The summed E-state index contributed by atoms with van der Waals surface area (Å²) in [7, 11) is 1.82. The lowest BCUT2D eigenvalue weighted by Gasteiger charge is -2.20. The average molecular weight is 264 g/mol. The van der Waals surface area contributed by atoms with Crippen LogP contribution in [0.5, 0.6) is 0 Å². The summed E-state index contributed by atoms with van der Waals surface area (Å²) in [5.74, 6) is 1.55. The van der Waals surface area contributed by atoms with Gasteiger partial charge in [0.05, 0.1) is 11.0 Å². The molecule has 6 heteroatoms. The molecule has 2 aromatic rings. The Labute approximate surface area is 109 Å². The van der Waals surface area contributed by atoms with E-state index in [1.165, 1.54) is 0 Å². The maximum atomic E-state index is 10.1. The monoisotopic (exact) mass is 264 g/mol. The Kier molecular flexibility index (Phi) is 2.64. The van der Waals surface area contributed by atoms with E-state index in [1.54, 1.807) is 11.3 Å². The molecule has 96 valence electrons. The third kappa shape index (κ3) is 1.91. The number of hydrogen-bond donors (Lipinski definition) is 2. The second-order valence-electron chi connectivity index (χ2n) is 4.93. The number of hydrogen-bond acceptors (Lipinski definition) is 6. The number of aromatic nitrogens is 2. The summed E-state index contributed by atoms with van der Waals surface area (Å²) in [4.78, 5) is 12.1. The highest BCUT2D eigenvalue weighted by Gasteiger charge is 2.33. The summed E-state index contributed by atoms with van der Waals surface area (Å²) in [5.41, 5.74) is -0.618. The molecule has 3 rings (SSSR count). The van der Waals surface area contributed by atoms with Crippen LogP contribution < -0.4 is 10.2 Å². The van der Waals surface area contributed by atoms with E-state index in [-0.39, 0.29) is 0 Å². The van der Waals surface area contributed by atoms with Gasteiger partial charge in [-0.25, -0.2) is 4.98 Å². The van der Waals surface area contributed by atoms with Crippen molar-refractivity contribution in [3.05, 3.63) is 11.4 Å². The van der Waals surface area contributed by atoms with Crippen molar-refractivity contribution in [3.63, 3.8) is 0 Å². The van der Waals surface area contributed by atoms with E-state index in [1.807, 2.05) is 25.4 Å². The largest absolute Gasteiger partial charge is 0.388 e. The Hall–Kier alpha value is -1.40. The van der Waals surface area contributed by atoms with E-state index in [0.29, 0.717) is 12.5 Å². The van der Waals surface area contributed by atoms with Crippen molar-refractivity contribution in [3.8, 4) is 0 Å². The first-order valence-electron chi connectivity index (χ1n) is 5.99. The standard InChI is InChI=1S/C12H16N4OS/c1-12(17)4-5-16(7-12)9-8-3-6-18-10(8)15-11(13-2)14-9/h3,6,17H,4-5,7H2,1-2H3,(H,13,14,15). The highest BCUT2D eigenvalue weighted by atomic mass is 32.1. The molecular formula is C12H16N4OS. The molecule has 1 aliphatic heterocycles. The lowest BCUT2D eigenvalue weighted by Crippen LogP contribution is -2.30. The molecule has 0 saturated carbocycles. The van der Waals surface area contributed by atoms with Gasteiger partial charge in [0.25, 0.3) is 0 Å². The van der Waals surface area contributed by atoms with Crippen LogP contribution >= 0.6 is 11.3 Å². The smallest absolute Gasteiger partial charge is 0.225 e. The van der Waals surface area contributed by atoms with Crippen molar-refractivity contribution in [2.75, 3.05) is 30.4 Å². The zero-order chi connectivity index (χ0) is 12.8. The Morgan fingerprint density at radius 3 is 3.00 bits per heavy atom. The number of nitrogens with one attached hydrogen (secondary N) is 1. The highest BCUT2D eigenvalue weighted by Crippen LogP contribution is 2.33. The van der Waals surface area contributed by atoms with Crippen LogP contribution in [0.3, 0.4) is 0 Å². The molecule has 0 aliphatic carbocycles. The molecule has 0 aromatic carbocycles. The lowest BCUT2D eigenvalue weighted by molar-refractivity contribution is 0.0839. The molecular weight excluding hydrogens is 248 g/mol. The molecule has 2 aromatic heterocycles. The minimum Gasteiger partial charge on any atom is -0.388 e. The van der Waals surface area contributed by atoms with Crippen LogP contribution in [0.2, 0.25) is 0 Å². The van der Waals surface area contributed by atoms with Gasteiger partial charge >= 0.3 is 0 Å². The second kappa shape index (κ2) is 4.07.